The largest absolute Gasteiger partial charge is 0.411 e. The molecule has 0 spiro atoms. The number of hydrogen-bond acceptors (Lipinski definition) is 7. The molecule has 184 valence electrons. The maximum Gasteiger partial charge on any atom is 0.411 e. The van der Waals surface area contributed by atoms with Crippen molar-refractivity contribution in [3.05, 3.63) is 35.4 Å². The monoisotopic (exact) mass is 472 g/mol. The molecule has 1 aliphatic heterocycles. The molecule has 34 heavy (non-hydrogen) atoms. The molecule has 0 radical (unpaired) electrons. The van der Waals surface area contributed by atoms with Crippen LogP contribution in [0.4, 0.5) is 4.79 Å². The van der Waals surface area contributed by atoms with Crippen LogP contribution in [0.1, 0.15) is 49.7 Å². The van der Waals surface area contributed by atoms with Crippen LogP contribution in [0, 0.1) is 11.3 Å². The van der Waals surface area contributed by atoms with Gasteiger partial charge in [-0.05, 0) is 42.9 Å². The first-order valence-corrected chi connectivity index (χ1v) is 11.5. The summed E-state index contributed by atoms with van der Waals surface area (Å²) in [4.78, 5) is 49.7. The highest BCUT2D eigenvalue weighted by atomic mass is 16.6. The van der Waals surface area contributed by atoms with Gasteiger partial charge in [0.15, 0.2) is 0 Å². The molecule has 11 heteroatoms. The van der Waals surface area contributed by atoms with Gasteiger partial charge in [-0.15, -0.1) is 0 Å². The number of benzene rings is 1. The summed E-state index contributed by atoms with van der Waals surface area (Å²) < 4.78 is 4.54. The summed E-state index contributed by atoms with van der Waals surface area (Å²) in [5.41, 5.74) is 11.3. The molecule has 1 saturated carbocycles. The van der Waals surface area contributed by atoms with Crippen LogP contribution in [-0.4, -0.2) is 59.8 Å². The first-order chi connectivity index (χ1) is 16.3. The lowest BCUT2D eigenvalue weighted by Crippen LogP contribution is -2.63. The number of nitrogens with zero attached hydrogens (tertiary/aromatic N) is 1. The van der Waals surface area contributed by atoms with Crippen molar-refractivity contribution >= 4 is 29.7 Å². The van der Waals surface area contributed by atoms with Crippen molar-refractivity contribution in [3.63, 3.8) is 0 Å². The van der Waals surface area contributed by atoms with Crippen LogP contribution in [-0.2, 0) is 25.7 Å². The fourth-order valence-corrected chi connectivity index (χ4v) is 4.48. The van der Waals surface area contributed by atoms with E-state index >= 15 is 0 Å². The Balaban J connectivity index is 1.55. The van der Waals surface area contributed by atoms with E-state index in [0.717, 1.165) is 37.7 Å². The molecule has 7 N–H and O–H groups in total. The topological polar surface area (TPSA) is 181 Å². The van der Waals surface area contributed by atoms with E-state index in [0.29, 0.717) is 18.5 Å². The lowest BCUT2D eigenvalue weighted by molar-refractivity contribution is -0.150. The van der Waals surface area contributed by atoms with Crippen molar-refractivity contribution in [1.82, 2.24) is 15.5 Å². The van der Waals surface area contributed by atoms with Crippen LogP contribution in [0.2, 0.25) is 0 Å². The van der Waals surface area contributed by atoms with Crippen molar-refractivity contribution in [2.75, 3.05) is 13.1 Å². The second kappa shape index (κ2) is 11.6. The summed E-state index contributed by atoms with van der Waals surface area (Å²) in [7, 11) is 0. The van der Waals surface area contributed by atoms with Crippen molar-refractivity contribution in [3.8, 4) is 0 Å². The second-order valence-corrected chi connectivity index (χ2v) is 8.72. The molecule has 2 atom stereocenters. The van der Waals surface area contributed by atoms with Crippen LogP contribution < -0.4 is 22.1 Å². The van der Waals surface area contributed by atoms with Crippen LogP contribution in [0.25, 0.3) is 0 Å². The van der Waals surface area contributed by atoms with Gasteiger partial charge in [0.2, 0.25) is 23.6 Å². The van der Waals surface area contributed by atoms with Gasteiger partial charge in [-0.25, -0.2) is 4.79 Å². The Morgan fingerprint density at radius 3 is 2.29 bits per heavy atom. The molecule has 2 aliphatic rings. The molecule has 4 amide bonds. The lowest BCUT2D eigenvalue weighted by Gasteiger charge is -2.43. The highest BCUT2D eigenvalue weighted by molar-refractivity contribution is 5.97. The number of hydrogen-bond donors (Lipinski definition) is 5. The van der Waals surface area contributed by atoms with E-state index in [1.165, 1.54) is 0 Å². The van der Waals surface area contributed by atoms with Gasteiger partial charge in [0, 0.05) is 18.7 Å². The quantitative estimate of drug-likeness (QED) is 0.255. The Hall–Kier alpha value is -3.47. The summed E-state index contributed by atoms with van der Waals surface area (Å²) in [6.45, 7) is 0.665. The maximum absolute atomic E-state index is 13.3. The Morgan fingerprint density at radius 1 is 1.06 bits per heavy atom. The van der Waals surface area contributed by atoms with Gasteiger partial charge in [-0.3, -0.25) is 25.1 Å². The minimum Gasteiger partial charge on any atom is -0.391 e. The normalized spacial score (nSPS) is 18.9. The van der Waals surface area contributed by atoms with Gasteiger partial charge in [0.25, 0.3) is 0 Å². The summed E-state index contributed by atoms with van der Waals surface area (Å²) >= 11 is 0. The van der Waals surface area contributed by atoms with E-state index in [2.05, 4.69) is 15.4 Å². The number of amides is 4. The highest BCUT2D eigenvalue weighted by Gasteiger charge is 2.42. The fraction of sp³-hybridized carbons (Fsp3) is 0.522. The van der Waals surface area contributed by atoms with Gasteiger partial charge in [0.05, 0.1) is 12.6 Å². The van der Waals surface area contributed by atoms with E-state index < -0.39 is 24.1 Å². The Morgan fingerprint density at radius 2 is 1.74 bits per heavy atom. The third-order valence-corrected chi connectivity index (χ3v) is 6.37. The Labute approximate surface area is 198 Å². The number of likely N-dealkylation sites (tertiary alicyclic amines) is 1. The summed E-state index contributed by atoms with van der Waals surface area (Å²) in [6.07, 6.45) is 4.56. The molecule has 1 aromatic carbocycles. The molecule has 0 bridgehead atoms. The zero-order valence-electron chi connectivity index (χ0n) is 19.0. The number of ether oxygens (including phenoxy) is 1. The highest BCUT2D eigenvalue weighted by Crippen LogP contribution is 2.29. The fourth-order valence-electron chi connectivity index (χ4n) is 4.48. The Kier molecular flexibility index (Phi) is 8.58. The molecule has 1 aliphatic carbocycles. The van der Waals surface area contributed by atoms with Gasteiger partial charge in [0.1, 0.15) is 6.04 Å². The molecule has 2 fully saturated rings. The van der Waals surface area contributed by atoms with Crippen LogP contribution in [0.15, 0.2) is 24.3 Å². The first kappa shape index (κ1) is 25.2. The molecule has 1 aromatic rings. The molecule has 0 aromatic heterocycles. The van der Waals surface area contributed by atoms with E-state index in [9.17, 15) is 19.2 Å². The average Bonchev–Trinajstić information content (AvgIpc) is 2.77. The second-order valence-electron chi connectivity index (χ2n) is 8.72. The minimum atomic E-state index is -1.06. The number of carbonyl (C=O) groups is 4. The predicted octanol–water partition coefficient (Wildman–Crippen LogP) is 0.348. The van der Waals surface area contributed by atoms with Crippen molar-refractivity contribution in [2.24, 2.45) is 17.4 Å². The SMILES string of the molecule is N=C(OC(N)=O)c1ccc(CNC(=O)[C@@H]2CCN2C(=O)[C@H](NCC(N)=O)C2CCCCC2)cc1. The number of nitrogens with one attached hydrogen (secondary N) is 3. The van der Waals surface area contributed by atoms with Crippen LogP contribution >= 0.6 is 0 Å². The number of carbonyl (C=O) groups excluding carboxylic acids is 4. The van der Waals surface area contributed by atoms with E-state index in [1.54, 1.807) is 29.2 Å². The molecular weight excluding hydrogens is 440 g/mol. The van der Waals surface area contributed by atoms with Crippen molar-refractivity contribution in [2.45, 2.75) is 57.2 Å². The zero-order valence-corrected chi connectivity index (χ0v) is 19.0. The first-order valence-electron chi connectivity index (χ1n) is 11.5. The summed E-state index contributed by atoms with van der Waals surface area (Å²) in [5, 5.41) is 13.5. The lowest BCUT2D eigenvalue weighted by atomic mass is 9.82. The third kappa shape index (κ3) is 6.53. The van der Waals surface area contributed by atoms with E-state index in [-0.39, 0.29) is 36.7 Å². The zero-order chi connectivity index (χ0) is 24.7. The standard InChI is InChI=1S/C23H32N6O5/c24-18(30)13-27-19(15-4-2-1-3-5-15)22(32)29-11-10-17(29)21(31)28-12-14-6-8-16(9-7-14)20(25)34-23(26)33/h6-9,15,17,19,25,27H,1-5,10-13H2,(H2,24,30)(H2,26,33)(H,28,31)/t17-,19+/m0/s1. The van der Waals surface area contributed by atoms with Gasteiger partial charge >= 0.3 is 6.09 Å². The molecule has 1 saturated heterocycles. The van der Waals surface area contributed by atoms with Gasteiger partial charge in [-0.1, -0.05) is 31.4 Å². The number of rotatable bonds is 9. The van der Waals surface area contributed by atoms with E-state index in [1.807, 2.05) is 0 Å². The predicted molar refractivity (Wildman–Crippen MR) is 123 cm³/mol. The summed E-state index contributed by atoms with van der Waals surface area (Å²) in [6, 6.07) is 5.51. The molecule has 1 heterocycles. The van der Waals surface area contributed by atoms with Gasteiger partial charge < -0.3 is 26.4 Å². The van der Waals surface area contributed by atoms with Crippen molar-refractivity contribution < 1.29 is 23.9 Å². The van der Waals surface area contributed by atoms with Crippen LogP contribution in [0.3, 0.4) is 0 Å². The van der Waals surface area contributed by atoms with Gasteiger partial charge in [-0.2, -0.15) is 0 Å². The minimum absolute atomic E-state index is 0.0739. The smallest absolute Gasteiger partial charge is 0.391 e. The molecule has 11 nitrogen and oxygen atoms in total. The molecule has 3 rings (SSSR count). The average molecular weight is 473 g/mol. The molecular formula is C23H32N6O5. The summed E-state index contributed by atoms with van der Waals surface area (Å²) in [5.74, 6) is -1.15. The molecule has 0 unspecified atom stereocenters. The Bertz CT molecular complexity index is 928. The number of primary amides is 2. The number of nitrogens with two attached hydrogens (primary N) is 2. The van der Waals surface area contributed by atoms with E-state index in [4.69, 9.17) is 16.9 Å². The van der Waals surface area contributed by atoms with Crippen LogP contribution in [0.5, 0.6) is 0 Å². The van der Waals surface area contributed by atoms with Crippen molar-refractivity contribution in [1.29, 1.82) is 5.41 Å². The third-order valence-electron chi connectivity index (χ3n) is 6.37. The maximum atomic E-state index is 13.3.